The van der Waals surface area contributed by atoms with Gasteiger partial charge in [0.2, 0.25) is 0 Å². The summed E-state index contributed by atoms with van der Waals surface area (Å²) in [6, 6.07) is 0. The third-order valence-electron chi connectivity index (χ3n) is 14.7. The van der Waals surface area contributed by atoms with E-state index in [-0.39, 0.29) is 40.0 Å². The third kappa shape index (κ3) is 4.42. The lowest BCUT2D eigenvalue weighted by Crippen LogP contribution is -2.69. The van der Waals surface area contributed by atoms with Crippen LogP contribution in [0, 0.1) is 57.2 Å². The second-order valence-electron chi connectivity index (χ2n) is 18.0. The molecule has 1 amide bonds. The maximum absolute atomic E-state index is 13.3. The smallest absolute Gasteiger partial charge is 0.408 e. The summed E-state index contributed by atoms with van der Waals surface area (Å²) < 4.78 is 11.8. The molecule has 6 rings (SSSR count). The maximum Gasteiger partial charge on any atom is 0.408 e. The van der Waals surface area contributed by atoms with Gasteiger partial charge in [-0.15, -0.1) is 0 Å². The van der Waals surface area contributed by atoms with E-state index in [9.17, 15) is 9.59 Å². The minimum Gasteiger partial charge on any atom is -0.462 e. The monoisotopic (exact) mass is 569 g/mol. The molecule has 6 fully saturated rings. The number of hydrogen-bond acceptors (Lipinski definition) is 4. The number of esters is 1. The van der Waals surface area contributed by atoms with Crippen molar-refractivity contribution in [3.63, 3.8) is 0 Å². The van der Waals surface area contributed by atoms with Gasteiger partial charge in [0.15, 0.2) is 0 Å². The molecule has 0 saturated heterocycles. The van der Waals surface area contributed by atoms with E-state index in [0.717, 1.165) is 37.5 Å². The van der Waals surface area contributed by atoms with Gasteiger partial charge in [0.1, 0.15) is 11.7 Å². The van der Waals surface area contributed by atoms with E-state index in [1.165, 1.54) is 51.4 Å². The second kappa shape index (κ2) is 9.37. The number of hydrogen-bond donors (Lipinski definition) is 1. The highest BCUT2D eigenvalue weighted by atomic mass is 16.6. The first-order valence-electron chi connectivity index (χ1n) is 17.2. The summed E-state index contributed by atoms with van der Waals surface area (Å²) >= 11 is 0. The zero-order valence-electron chi connectivity index (χ0n) is 27.7. The van der Waals surface area contributed by atoms with Crippen LogP contribution in [0.4, 0.5) is 4.79 Å². The van der Waals surface area contributed by atoms with Crippen LogP contribution in [-0.2, 0) is 14.3 Å². The van der Waals surface area contributed by atoms with Crippen molar-refractivity contribution in [2.45, 2.75) is 157 Å². The Labute approximate surface area is 250 Å². The Hall–Kier alpha value is -1.26. The molecule has 0 spiro atoms. The van der Waals surface area contributed by atoms with Gasteiger partial charge in [-0.05, 0) is 150 Å². The summed E-state index contributed by atoms with van der Waals surface area (Å²) in [5.41, 5.74) is 0.265. The van der Waals surface area contributed by atoms with Crippen LogP contribution in [-0.4, -0.2) is 29.3 Å². The van der Waals surface area contributed by atoms with Crippen LogP contribution in [0.1, 0.15) is 139 Å². The summed E-state index contributed by atoms with van der Waals surface area (Å²) in [5, 5.41) is 3.58. The molecule has 0 bridgehead atoms. The van der Waals surface area contributed by atoms with Crippen LogP contribution in [0.15, 0.2) is 0 Å². The summed E-state index contributed by atoms with van der Waals surface area (Å²) in [6.45, 7) is 20.2. The number of ether oxygens (including phenoxy) is 2. The highest BCUT2D eigenvalue weighted by Gasteiger charge is 2.71. The van der Waals surface area contributed by atoms with Gasteiger partial charge in [0.25, 0.3) is 0 Å². The predicted octanol–water partition coefficient (Wildman–Crippen LogP) is 8.69. The van der Waals surface area contributed by atoms with Crippen molar-refractivity contribution in [3.8, 4) is 0 Å². The first kappa shape index (κ1) is 29.8. The molecule has 0 heterocycles. The number of carbonyl (C=O) groups is 2. The molecular formula is C36H59NO4. The fraction of sp³-hybridized carbons (Fsp3) is 0.944. The van der Waals surface area contributed by atoms with Crippen LogP contribution in [0.25, 0.3) is 0 Å². The van der Waals surface area contributed by atoms with E-state index in [1.807, 2.05) is 20.8 Å². The molecule has 10 atom stereocenters. The van der Waals surface area contributed by atoms with Gasteiger partial charge in [-0.2, -0.15) is 0 Å². The zero-order valence-corrected chi connectivity index (χ0v) is 27.7. The van der Waals surface area contributed by atoms with Gasteiger partial charge in [-0.3, -0.25) is 4.79 Å². The topological polar surface area (TPSA) is 64.6 Å². The molecule has 2 unspecified atom stereocenters. The van der Waals surface area contributed by atoms with E-state index in [0.29, 0.717) is 29.1 Å². The highest BCUT2D eigenvalue weighted by molar-refractivity contribution is 5.69. The van der Waals surface area contributed by atoms with E-state index in [1.54, 1.807) is 6.92 Å². The first-order chi connectivity index (χ1) is 19.0. The predicted molar refractivity (Wildman–Crippen MR) is 162 cm³/mol. The summed E-state index contributed by atoms with van der Waals surface area (Å²) in [4.78, 5) is 25.3. The van der Waals surface area contributed by atoms with Crippen molar-refractivity contribution in [1.82, 2.24) is 5.32 Å². The van der Waals surface area contributed by atoms with Gasteiger partial charge in [-0.25, -0.2) is 4.79 Å². The third-order valence-corrected chi connectivity index (χ3v) is 14.7. The quantitative estimate of drug-likeness (QED) is 0.345. The molecule has 0 aromatic carbocycles. The molecule has 41 heavy (non-hydrogen) atoms. The minimum atomic E-state index is -0.476. The Morgan fingerprint density at radius 3 is 2.10 bits per heavy atom. The molecule has 1 N–H and O–H groups in total. The van der Waals surface area contributed by atoms with E-state index in [2.05, 4.69) is 39.9 Å². The van der Waals surface area contributed by atoms with Crippen molar-refractivity contribution in [2.24, 2.45) is 57.2 Å². The molecule has 0 aromatic rings. The fourth-order valence-corrected chi connectivity index (χ4v) is 12.8. The largest absolute Gasteiger partial charge is 0.462 e. The van der Waals surface area contributed by atoms with Crippen LogP contribution in [0.2, 0.25) is 0 Å². The van der Waals surface area contributed by atoms with Crippen molar-refractivity contribution in [2.75, 3.05) is 0 Å². The molecule has 5 nitrogen and oxygen atoms in total. The van der Waals surface area contributed by atoms with Crippen molar-refractivity contribution < 1.29 is 19.1 Å². The molecule has 6 saturated carbocycles. The molecule has 6 aliphatic rings. The number of amides is 1. The van der Waals surface area contributed by atoms with Crippen molar-refractivity contribution in [1.29, 1.82) is 0 Å². The number of carbonyl (C=O) groups excluding carboxylic acids is 2. The Morgan fingerprint density at radius 1 is 0.756 bits per heavy atom. The van der Waals surface area contributed by atoms with Crippen molar-refractivity contribution in [3.05, 3.63) is 0 Å². The average molecular weight is 570 g/mol. The molecular weight excluding hydrogens is 510 g/mol. The lowest BCUT2D eigenvalue weighted by Gasteiger charge is -2.73. The summed E-state index contributed by atoms with van der Waals surface area (Å²) in [7, 11) is 0. The number of alkyl carbamates (subject to hydrolysis) is 1. The minimum absolute atomic E-state index is 0.000665. The first-order valence-corrected chi connectivity index (χ1v) is 17.2. The average Bonchev–Trinajstić information content (AvgIpc) is 3.61. The van der Waals surface area contributed by atoms with Crippen LogP contribution < -0.4 is 5.32 Å². The Morgan fingerprint density at radius 2 is 1.46 bits per heavy atom. The molecule has 6 aliphatic carbocycles. The number of nitrogens with one attached hydrogen (secondary N) is 1. The normalized spacial score (nSPS) is 48.6. The van der Waals surface area contributed by atoms with Crippen LogP contribution in [0.3, 0.4) is 0 Å². The van der Waals surface area contributed by atoms with E-state index < -0.39 is 5.60 Å². The molecule has 0 radical (unpaired) electrons. The summed E-state index contributed by atoms with van der Waals surface area (Å²) in [5.74, 6) is 3.98. The Balaban J connectivity index is 1.32. The van der Waals surface area contributed by atoms with Gasteiger partial charge < -0.3 is 14.8 Å². The molecule has 0 aliphatic heterocycles. The summed E-state index contributed by atoms with van der Waals surface area (Å²) in [6.07, 6.45) is 14.5. The lowest BCUT2D eigenvalue weighted by molar-refractivity contribution is -0.246. The molecule has 5 heteroatoms. The van der Waals surface area contributed by atoms with Crippen molar-refractivity contribution >= 4 is 12.1 Å². The van der Waals surface area contributed by atoms with Gasteiger partial charge >= 0.3 is 12.1 Å². The Bertz CT molecular complexity index is 1070. The number of rotatable bonds is 3. The van der Waals surface area contributed by atoms with E-state index >= 15 is 0 Å². The SMILES string of the molecule is CC(=O)O[C@H]1CC[C@]2(C)C3CC[C@@H]4C5[C@H](C6CC6)CC[C@]5(NC(=O)OC(C)(C)C)CC[C@@]4(C)[C@]3(C)CC[C@H]2C1(C)C. The lowest BCUT2D eigenvalue weighted by atomic mass is 9.32. The van der Waals surface area contributed by atoms with Gasteiger partial charge in [0, 0.05) is 17.9 Å². The second-order valence-corrected chi connectivity index (χ2v) is 18.0. The van der Waals surface area contributed by atoms with E-state index in [4.69, 9.17) is 9.47 Å². The van der Waals surface area contributed by atoms with Crippen LogP contribution in [0.5, 0.6) is 0 Å². The van der Waals surface area contributed by atoms with Gasteiger partial charge in [0.05, 0.1) is 0 Å². The fourth-order valence-electron chi connectivity index (χ4n) is 12.8. The molecule has 232 valence electrons. The highest BCUT2D eigenvalue weighted by Crippen LogP contribution is 2.77. The number of fused-ring (bicyclic) bond motifs is 7. The zero-order chi connectivity index (χ0) is 29.8. The van der Waals surface area contributed by atoms with Gasteiger partial charge in [-0.1, -0.05) is 34.6 Å². The van der Waals surface area contributed by atoms with Crippen LogP contribution >= 0.6 is 0 Å². The molecule has 0 aromatic heterocycles. The Kier molecular flexibility index (Phi) is 6.81. The standard InChI is InChI=1S/C36H59NO4/c1-22(38)40-28-16-17-33(7)26(32(28,5)6)15-18-35(9)27(33)13-12-25-29-24(23-10-11-23)14-19-36(29,21-20-34(25,35)8)37-30(39)41-31(2,3)4/h23-29H,10-21H2,1-9H3,(H,37,39)/t24-,25+,26-,27?,28-,29?,33-,34+,35+,36-/m0/s1. The maximum atomic E-state index is 13.3.